The van der Waals surface area contributed by atoms with Gasteiger partial charge in [-0.25, -0.2) is 0 Å². The minimum Gasteiger partial charge on any atom is -0.0885 e. The van der Waals surface area contributed by atoms with Crippen molar-refractivity contribution in [2.45, 2.75) is 45.4 Å². The SMILES string of the molecule is CC=C1CCC2(CC1)CC2. The summed E-state index contributed by atoms with van der Waals surface area (Å²) < 4.78 is 0. The van der Waals surface area contributed by atoms with Gasteiger partial charge in [0.1, 0.15) is 0 Å². The molecular weight excluding hydrogens is 120 g/mol. The average molecular weight is 136 g/mol. The molecule has 0 atom stereocenters. The molecule has 0 unspecified atom stereocenters. The molecule has 2 fully saturated rings. The van der Waals surface area contributed by atoms with Crippen LogP contribution in [0.4, 0.5) is 0 Å². The lowest BCUT2D eigenvalue weighted by molar-refractivity contribution is 0.386. The second-order valence-electron chi connectivity index (χ2n) is 3.95. The van der Waals surface area contributed by atoms with E-state index in [9.17, 15) is 0 Å². The molecule has 1 spiro atoms. The van der Waals surface area contributed by atoms with E-state index in [1.165, 1.54) is 38.5 Å². The van der Waals surface area contributed by atoms with E-state index in [0.717, 1.165) is 5.41 Å². The minimum absolute atomic E-state index is 0.868. The van der Waals surface area contributed by atoms with Crippen molar-refractivity contribution in [1.29, 1.82) is 0 Å². The van der Waals surface area contributed by atoms with E-state index in [1.807, 2.05) is 0 Å². The summed E-state index contributed by atoms with van der Waals surface area (Å²) in [6.07, 6.45) is 11.2. The molecule has 0 heterocycles. The van der Waals surface area contributed by atoms with Crippen molar-refractivity contribution in [3.05, 3.63) is 11.6 Å². The normalized spacial score (nSPS) is 28.7. The molecule has 0 aromatic carbocycles. The van der Waals surface area contributed by atoms with Gasteiger partial charge in [0.15, 0.2) is 0 Å². The third-order valence-corrected chi connectivity index (χ3v) is 3.32. The molecule has 0 nitrogen and oxygen atoms in total. The first-order valence-electron chi connectivity index (χ1n) is 4.49. The van der Waals surface area contributed by atoms with Gasteiger partial charge >= 0.3 is 0 Å². The predicted molar refractivity (Wildman–Crippen MR) is 43.9 cm³/mol. The molecule has 0 bridgehead atoms. The predicted octanol–water partition coefficient (Wildman–Crippen LogP) is 3.29. The second-order valence-corrected chi connectivity index (χ2v) is 3.95. The van der Waals surface area contributed by atoms with E-state index in [-0.39, 0.29) is 0 Å². The van der Waals surface area contributed by atoms with Crippen LogP contribution >= 0.6 is 0 Å². The van der Waals surface area contributed by atoms with Crippen molar-refractivity contribution in [3.8, 4) is 0 Å². The summed E-state index contributed by atoms with van der Waals surface area (Å²) in [6.45, 7) is 2.18. The van der Waals surface area contributed by atoms with Gasteiger partial charge in [-0.15, -0.1) is 0 Å². The zero-order chi connectivity index (χ0) is 7.03. The molecule has 0 radical (unpaired) electrons. The number of allylic oxidation sites excluding steroid dienone is 2. The topological polar surface area (TPSA) is 0 Å². The fraction of sp³-hybridized carbons (Fsp3) is 0.800. The van der Waals surface area contributed by atoms with Crippen molar-refractivity contribution in [2.24, 2.45) is 5.41 Å². The Balaban J connectivity index is 1.95. The Bertz CT molecular complexity index is 149. The second kappa shape index (κ2) is 2.11. The van der Waals surface area contributed by atoms with Crippen molar-refractivity contribution in [2.75, 3.05) is 0 Å². The van der Waals surface area contributed by atoms with E-state index in [2.05, 4.69) is 13.0 Å². The molecule has 0 aromatic heterocycles. The van der Waals surface area contributed by atoms with E-state index < -0.39 is 0 Å². The van der Waals surface area contributed by atoms with Gasteiger partial charge in [-0.1, -0.05) is 11.6 Å². The monoisotopic (exact) mass is 136 g/mol. The maximum absolute atomic E-state index is 2.31. The van der Waals surface area contributed by atoms with Crippen LogP contribution in [0.1, 0.15) is 45.4 Å². The van der Waals surface area contributed by atoms with E-state index >= 15 is 0 Å². The third-order valence-electron chi connectivity index (χ3n) is 3.32. The quantitative estimate of drug-likeness (QED) is 0.448. The summed E-state index contributed by atoms with van der Waals surface area (Å²) in [5, 5.41) is 0. The fourth-order valence-corrected chi connectivity index (χ4v) is 2.07. The molecule has 0 aliphatic heterocycles. The maximum atomic E-state index is 2.31. The zero-order valence-corrected chi connectivity index (χ0v) is 6.82. The van der Waals surface area contributed by atoms with Gasteiger partial charge in [-0.2, -0.15) is 0 Å². The standard InChI is InChI=1S/C10H16/c1-2-9-3-5-10(6-4-9)7-8-10/h2H,3-8H2,1H3. The van der Waals surface area contributed by atoms with Gasteiger partial charge in [0, 0.05) is 0 Å². The van der Waals surface area contributed by atoms with Gasteiger partial charge in [0.05, 0.1) is 0 Å². The first kappa shape index (κ1) is 6.45. The fourth-order valence-electron chi connectivity index (χ4n) is 2.07. The highest BCUT2D eigenvalue weighted by atomic mass is 14.5. The van der Waals surface area contributed by atoms with Gasteiger partial charge in [-0.05, 0) is 50.9 Å². The molecule has 2 aliphatic rings. The third kappa shape index (κ3) is 1.00. The molecule has 0 saturated heterocycles. The van der Waals surface area contributed by atoms with Crippen LogP contribution in [0.3, 0.4) is 0 Å². The summed E-state index contributed by atoms with van der Waals surface area (Å²) in [6, 6.07) is 0. The van der Waals surface area contributed by atoms with E-state index in [1.54, 1.807) is 5.57 Å². The molecule has 0 N–H and O–H groups in total. The minimum atomic E-state index is 0.868. The maximum Gasteiger partial charge on any atom is -0.0291 e. The average Bonchev–Trinajstić information content (AvgIpc) is 2.72. The Hall–Kier alpha value is -0.260. The summed E-state index contributed by atoms with van der Waals surface area (Å²) in [4.78, 5) is 0. The lowest BCUT2D eigenvalue weighted by atomic mass is 9.83. The lowest BCUT2D eigenvalue weighted by Gasteiger charge is -2.22. The van der Waals surface area contributed by atoms with Crippen molar-refractivity contribution >= 4 is 0 Å². The molecule has 0 aromatic rings. The Kier molecular flexibility index (Phi) is 1.36. The van der Waals surface area contributed by atoms with E-state index in [0.29, 0.717) is 0 Å². The molecule has 0 heteroatoms. The highest BCUT2D eigenvalue weighted by Gasteiger charge is 2.43. The number of hydrogen-bond donors (Lipinski definition) is 0. The lowest BCUT2D eigenvalue weighted by Crippen LogP contribution is -2.07. The number of rotatable bonds is 0. The van der Waals surface area contributed by atoms with Crippen LogP contribution in [0.5, 0.6) is 0 Å². The summed E-state index contributed by atoms with van der Waals surface area (Å²) in [7, 11) is 0. The van der Waals surface area contributed by atoms with Crippen LogP contribution in [-0.2, 0) is 0 Å². The van der Waals surface area contributed by atoms with Gasteiger partial charge < -0.3 is 0 Å². The Morgan fingerprint density at radius 3 is 2.10 bits per heavy atom. The zero-order valence-electron chi connectivity index (χ0n) is 6.82. The Labute approximate surface area is 63.3 Å². The van der Waals surface area contributed by atoms with Crippen LogP contribution in [-0.4, -0.2) is 0 Å². The number of hydrogen-bond acceptors (Lipinski definition) is 0. The molecule has 0 amide bonds. The van der Waals surface area contributed by atoms with Crippen molar-refractivity contribution < 1.29 is 0 Å². The largest absolute Gasteiger partial charge is 0.0885 e. The first-order valence-corrected chi connectivity index (χ1v) is 4.49. The molecular formula is C10H16. The van der Waals surface area contributed by atoms with Crippen LogP contribution in [0, 0.1) is 5.41 Å². The summed E-state index contributed by atoms with van der Waals surface area (Å²) >= 11 is 0. The first-order chi connectivity index (χ1) is 4.85. The Morgan fingerprint density at radius 1 is 1.10 bits per heavy atom. The van der Waals surface area contributed by atoms with Crippen molar-refractivity contribution in [1.82, 2.24) is 0 Å². The highest BCUT2D eigenvalue weighted by Crippen LogP contribution is 2.56. The molecule has 2 saturated carbocycles. The molecule has 10 heavy (non-hydrogen) atoms. The molecule has 2 rings (SSSR count). The molecule has 56 valence electrons. The van der Waals surface area contributed by atoms with Crippen LogP contribution in [0.25, 0.3) is 0 Å². The van der Waals surface area contributed by atoms with Crippen LogP contribution in [0.15, 0.2) is 11.6 Å². The van der Waals surface area contributed by atoms with E-state index in [4.69, 9.17) is 0 Å². The van der Waals surface area contributed by atoms with Gasteiger partial charge in [0.25, 0.3) is 0 Å². The van der Waals surface area contributed by atoms with Gasteiger partial charge in [0.2, 0.25) is 0 Å². The smallest absolute Gasteiger partial charge is 0.0291 e. The van der Waals surface area contributed by atoms with Gasteiger partial charge in [-0.3, -0.25) is 0 Å². The highest BCUT2D eigenvalue weighted by molar-refractivity contribution is 5.10. The molecule has 2 aliphatic carbocycles. The van der Waals surface area contributed by atoms with Crippen LogP contribution < -0.4 is 0 Å². The summed E-state index contributed by atoms with van der Waals surface area (Å²) in [5.41, 5.74) is 2.57. The summed E-state index contributed by atoms with van der Waals surface area (Å²) in [5.74, 6) is 0. The van der Waals surface area contributed by atoms with Crippen molar-refractivity contribution in [3.63, 3.8) is 0 Å². The Morgan fingerprint density at radius 2 is 1.70 bits per heavy atom. The van der Waals surface area contributed by atoms with Crippen LogP contribution in [0.2, 0.25) is 0 Å².